The molecule has 112 valence electrons. The van der Waals surface area contributed by atoms with Crippen molar-refractivity contribution in [2.45, 2.75) is 52.4 Å². The highest BCUT2D eigenvalue weighted by atomic mass is 16.5. The molecule has 0 saturated carbocycles. The lowest BCUT2D eigenvalue weighted by Gasteiger charge is -2.41. The van der Waals surface area contributed by atoms with E-state index in [1.54, 1.807) is 0 Å². The molecule has 1 unspecified atom stereocenters. The maximum absolute atomic E-state index is 5.88. The van der Waals surface area contributed by atoms with Gasteiger partial charge in [0.25, 0.3) is 0 Å². The quantitative estimate of drug-likeness (QED) is 0.892. The molecule has 0 aliphatic carbocycles. The normalized spacial score (nSPS) is 22.1. The largest absolute Gasteiger partial charge is 0.461 e. The number of rotatable bonds is 3. The van der Waals surface area contributed by atoms with E-state index < -0.39 is 0 Å². The van der Waals surface area contributed by atoms with Crippen LogP contribution in [0.4, 0.5) is 11.9 Å². The summed E-state index contributed by atoms with van der Waals surface area (Å²) in [7, 11) is 0. The van der Waals surface area contributed by atoms with Crippen LogP contribution in [-0.4, -0.2) is 45.9 Å². The number of nitrogen functional groups attached to an aromatic ring is 1. The first-order valence-corrected chi connectivity index (χ1v) is 6.86. The predicted molar refractivity (Wildman–Crippen MR) is 76.8 cm³/mol. The summed E-state index contributed by atoms with van der Waals surface area (Å²) in [5.74, 6) is 0.707. The van der Waals surface area contributed by atoms with E-state index in [2.05, 4.69) is 19.9 Å². The third-order valence-electron chi connectivity index (χ3n) is 2.81. The van der Waals surface area contributed by atoms with Crippen molar-refractivity contribution in [3.63, 3.8) is 0 Å². The van der Waals surface area contributed by atoms with Gasteiger partial charge in [0.05, 0.1) is 17.8 Å². The molecule has 1 aliphatic rings. The highest BCUT2D eigenvalue weighted by Crippen LogP contribution is 2.24. The van der Waals surface area contributed by atoms with Crippen LogP contribution in [0.2, 0.25) is 0 Å². The maximum atomic E-state index is 5.88. The van der Waals surface area contributed by atoms with Gasteiger partial charge in [-0.1, -0.05) is 0 Å². The van der Waals surface area contributed by atoms with Crippen molar-refractivity contribution in [1.29, 1.82) is 0 Å². The van der Waals surface area contributed by atoms with Crippen LogP contribution in [0.15, 0.2) is 0 Å². The molecule has 1 fully saturated rings. The summed E-state index contributed by atoms with van der Waals surface area (Å²) in [5, 5.41) is 0. The van der Waals surface area contributed by atoms with Gasteiger partial charge in [0, 0.05) is 13.1 Å². The standard InChI is InChI=1S/C13H23N5O2/c1-8(2)19-12-16-10(14)15-11(17-12)18-6-9(3)20-13(4,5)7-18/h8-9H,6-7H2,1-5H3,(H2,14,15,16,17). The summed E-state index contributed by atoms with van der Waals surface area (Å²) in [6, 6.07) is 0.263. The first kappa shape index (κ1) is 14.8. The lowest BCUT2D eigenvalue weighted by Crippen LogP contribution is -2.52. The molecule has 0 aromatic carbocycles. The van der Waals surface area contributed by atoms with E-state index in [-0.39, 0.29) is 29.8 Å². The first-order valence-electron chi connectivity index (χ1n) is 6.86. The topological polar surface area (TPSA) is 86.4 Å². The molecule has 1 saturated heterocycles. The SMILES string of the molecule is CC(C)Oc1nc(N)nc(N2CC(C)OC(C)(C)C2)n1. The van der Waals surface area contributed by atoms with Crippen molar-refractivity contribution < 1.29 is 9.47 Å². The number of nitrogens with zero attached hydrogens (tertiary/aromatic N) is 4. The van der Waals surface area contributed by atoms with Crippen LogP contribution in [0.5, 0.6) is 6.01 Å². The van der Waals surface area contributed by atoms with Gasteiger partial charge in [-0.2, -0.15) is 15.0 Å². The zero-order valence-corrected chi connectivity index (χ0v) is 12.8. The predicted octanol–water partition coefficient (Wildman–Crippen LogP) is 1.24. The number of hydrogen-bond acceptors (Lipinski definition) is 7. The molecule has 0 spiro atoms. The third-order valence-corrected chi connectivity index (χ3v) is 2.81. The minimum absolute atomic E-state index is 0.00953. The number of anilines is 2. The van der Waals surface area contributed by atoms with Gasteiger partial charge in [-0.25, -0.2) is 0 Å². The molecular formula is C13H23N5O2. The van der Waals surface area contributed by atoms with Crippen LogP contribution >= 0.6 is 0 Å². The van der Waals surface area contributed by atoms with E-state index in [0.29, 0.717) is 19.0 Å². The number of morpholine rings is 1. The summed E-state index contributed by atoms with van der Waals surface area (Å²) in [6.07, 6.45) is 0.0934. The van der Waals surface area contributed by atoms with Crippen LogP contribution in [0.1, 0.15) is 34.6 Å². The molecule has 0 amide bonds. The summed E-state index contributed by atoms with van der Waals surface area (Å²) in [4.78, 5) is 14.6. The summed E-state index contributed by atoms with van der Waals surface area (Å²) in [5.41, 5.74) is 5.49. The molecule has 2 heterocycles. The molecule has 1 atom stereocenters. The van der Waals surface area contributed by atoms with E-state index in [0.717, 1.165) is 0 Å². The van der Waals surface area contributed by atoms with E-state index in [1.807, 2.05) is 34.6 Å². The van der Waals surface area contributed by atoms with Crippen LogP contribution in [0, 0.1) is 0 Å². The Morgan fingerprint density at radius 2 is 2.05 bits per heavy atom. The van der Waals surface area contributed by atoms with Crippen molar-refractivity contribution in [2.24, 2.45) is 0 Å². The zero-order chi connectivity index (χ0) is 14.9. The van der Waals surface area contributed by atoms with Gasteiger partial charge < -0.3 is 20.1 Å². The van der Waals surface area contributed by atoms with E-state index in [1.165, 1.54) is 0 Å². The fraction of sp³-hybridized carbons (Fsp3) is 0.769. The van der Waals surface area contributed by atoms with Crippen molar-refractivity contribution in [2.75, 3.05) is 23.7 Å². The lowest BCUT2D eigenvalue weighted by molar-refractivity contribution is -0.0754. The second kappa shape index (κ2) is 5.40. The maximum Gasteiger partial charge on any atom is 0.323 e. The van der Waals surface area contributed by atoms with Crippen molar-refractivity contribution in [3.05, 3.63) is 0 Å². The molecular weight excluding hydrogens is 258 g/mol. The second-order valence-electron chi connectivity index (χ2n) is 6.01. The zero-order valence-electron chi connectivity index (χ0n) is 12.8. The molecule has 2 rings (SSSR count). The fourth-order valence-corrected chi connectivity index (χ4v) is 2.37. The molecule has 1 aromatic heterocycles. The van der Waals surface area contributed by atoms with Gasteiger partial charge in [0.15, 0.2) is 0 Å². The lowest BCUT2D eigenvalue weighted by atomic mass is 10.1. The minimum atomic E-state index is -0.252. The van der Waals surface area contributed by atoms with Crippen molar-refractivity contribution in [1.82, 2.24) is 15.0 Å². The van der Waals surface area contributed by atoms with Gasteiger partial charge in [0.2, 0.25) is 11.9 Å². The molecule has 7 nitrogen and oxygen atoms in total. The number of ether oxygens (including phenoxy) is 2. The molecule has 1 aliphatic heterocycles. The highest BCUT2D eigenvalue weighted by Gasteiger charge is 2.33. The number of nitrogens with two attached hydrogens (primary N) is 1. The molecule has 2 N–H and O–H groups in total. The Kier molecular flexibility index (Phi) is 3.99. The molecule has 0 bridgehead atoms. The number of aromatic nitrogens is 3. The van der Waals surface area contributed by atoms with E-state index >= 15 is 0 Å². The van der Waals surface area contributed by atoms with Crippen LogP contribution in [-0.2, 0) is 4.74 Å². The van der Waals surface area contributed by atoms with Crippen LogP contribution < -0.4 is 15.4 Å². The van der Waals surface area contributed by atoms with Crippen molar-refractivity contribution >= 4 is 11.9 Å². The van der Waals surface area contributed by atoms with E-state index in [9.17, 15) is 0 Å². The van der Waals surface area contributed by atoms with Crippen molar-refractivity contribution in [3.8, 4) is 6.01 Å². The minimum Gasteiger partial charge on any atom is -0.461 e. The molecule has 20 heavy (non-hydrogen) atoms. The second-order valence-corrected chi connectivity index (χ2v) is 6.01. The summed E-state index contributed by atoms with van der Waals surface area (Å²) >= 11 is 0. The Morgan fingerprint density at radius 3 is 2.65 bits per heavy atom. The van der Waals surface area contributed by atoms with Gasteiger partial charge in [-0.15, -0.1) is 0 Å². The van der Waals surface area contributed by atoms with Gasteiger partial charge in [-0.05, 0) is 34.6 Å². The Bertz CT molecular complexity index is 478. The van der Waals surface area contributed by atoms with E-state index in [4.69, 9.17) is 15.2 Å². The Hall–Kier alpha value is -1.63. The summed E-state index contributed by atoms with van der Waals surface area (Å²) < 4.78 is 11.4. The van der Waals surface area contributed by atoms with Gasteiger partial charge >= 0.3 is 6.01 Å². The van der Waals surface area contributed by atoms with Crippen LogP contribution in [0.3, 0.4) is 0 Å². The van der Waals surface area contributed by atoms with Gasteiger partial charge in [0.1, 0.15) is 0 Å². The fourth-order valence-electron chi connectivity index (χ4n) is 2.37. The Balaban J connectivity index is 2.25. The Morgan fingerprint density at radius 1 is 1.35 bits per heavy atom. The molecule has 0 radical (unpaired) electrons. The van der Waals surface area contributed by atoms with Gasteiger partial charge in [-0.3, -0.25) is 0 Å². The molecule has 1 aromatic rings. The highest BCUT2D eigenvalue weighted by molar-refractivity contribution is 5.37. The summed E-state index contributed by atoms with van der Waals surface area (Å²) in [6.45, 7) is 11.4. The average Bonchev–Trinajstić information content (AvgIpc) is 2.24. The monoisotopic (exact) mass is 281 g/mol. The smallest absolute Gasteiger partial charge is 0.323 e. The first-order chi connectivity index (χ1) is 9.25. The third kappa shape index (κ3) is 3.69. The van der Waals surface area contributed by atoms with Crippen LogP contribution in [0.25, 0.3) is 0 Å². The molecule has 7 heteroatoms. The number of hydrogen-bond donors (Lipinski definition) is 1. The Labute approximate surface area is 119 Å². The average molecular weight is 281 g/mol.